The van der Waals surface area contributed by atoms with E-state index >= 15 is 0 Å². The summed E-state index contributed by atoms with van der Waals surface area (Å²) in [4.78, 5) is 28.5. The van der Waals surface area contributed by atoms with Crippen LogP contribution in [-0.2, 0) is 14.3 Å². The molecule has 1 aromatic rings. The quantitative estimate of drug-likeness (QED) is 0.662. The van der Waals surface area contributed by atoms with E-state index < -0.39 is 5.97 Å². The molecule has 1 aromatic carbocycles. The minimum absolute atomic E-state index is 0.0962. The van der Waals surface area contributed by atoms with Crippen LogP contribution in [0.15, 0.2) is 33.4 Å². The van der Waals surface area contributed by atoms with Gasteiger partial charge in [-0.1, -0.05) is 18.7 Å². The number of hydrogen-bond acceptors (Lipinski definition) is 7. The van der Waals surface area contributed by atoms with Crippen LogP contribution in [0, 0.1) is 6.92 Å². The Balaban J connectivity index is 2.55. The number of amides is 1. The van der Waals surface area contributed by atoms with E-state index in [1.165, 1.54) is 0 Å². The number of nitrogens with zero attached hydrogens (tertiary/aromatic N) is 1. The van der Waals surface area contributed by atoms with Crippen molar-refractivity contribution >= 4 is 34.8 Å². The average molecular weight is 419 g/mol. The summed E-state index contributed by atoms with van der Waals surface area (Å²) in [5.74, 6) is -0.190. The first-order valence-corrected chi connectivity index (χ1v) is 10.1. The van der Waals surface area contributed by atoms with Crippen LogP contribution < -0.4 is 9.47 Å². The molecule has 0 atom stereocenters. The molecular formula is C21H25NO6S. The van der Waals surface area contributed by atoms with Crippen LogP contribution in [0.5, 0.6) is 11.5 Å². The van der Waals surface area contributed by atoms with Crippen LogP contribution in [0.1, 0.15) is 38.3 Å². The molecule has 2 rings (SSSR count). The highest BCUT2D eigenvalue weighted by Gasteiger charge is 2.33. The van der Waals surface area contributed by atoms with Crippen LogP contribution in [0.2, 0.25) is 0 Å². The van der Waals surface area contributed by atoms with Crippen molar-refractivity contribution in [2.75, 3.05) is 20.3 Å². The van der Waals surface area contributed by atoms with Crippen molar-refractivity contribution in [3.8, 4) is 11.5 Å². The highest BCUT2D eigenvalue weighted by Crippen LogP contribution is 2.40. The highest BCUT2D eigenvalue weighted by molar-refractivity contribution is 8.18. The van der Waals surface area contributed by atoms with Crippen molar-refractivity contribution < 1.29 is 28.9 Å². The van der Waals surface area contributed by atoms with E-state index in [2.05, 4.69) is 4.99 Å². The number of thioether (sulfide) groups is 1. The SMILES string of the molecule is CCOC(=O)C1=C(O)/C(=C/c2cc(OCC)c(OC)cc2C)SC1=NC(=O)CC. The smallest absolute Gasteiger partial charge is 0.344 e. The lowest BCUT2D eigenvalue weighted by molar-refractivity contribution is -0.138. The van der Waals surface area contributed by atoms with E-state index in [-0.39, 0.29) is 35.3 Å². The molecule has 0 aliphatic carbocycles. The monoisotopic (exact) mass is 419 g/mol. The standard InChI is InChI=1S/C21H25NO6S/c1-6-17(23)22-20-18(21(25)28-8-3)19(24)16(29-20)11-13-10-15(27-7-2)14(26-5)9-12(13)4/h9-11,24H,6-8H2,1-5H3/b16-11-,22-20?. The van der Waals surface area contributed by atoms with Gasteiger partial charge < -0.3 is 19.3 Å². The van der Waals surface area contributed by atoms with Crippen molar-refractivity contribution in [1.29, 1.82) is 0 Å². The molecule has 8 heteroatoms. The number of hydrogen-bond donors (Lipinski definition) is 1. The van der Waals surface area contributed by atoms with Crippen LogP contribution in [-0.4, -0.2) is 42.4 Å². The number of esters is 1. The molecule has 1 aliphatic rings. The van der Waals surface area contributed by atoms with Gasteiger partial charge in [-0.15, -0.1) is 0 Å². The lowest BCUT2D eigenvalue weighted by Gasteiger charge is -2.12. The topological polar surface area (TPSA) is 94.4 Å². The zero-order valence-corrected chi connectivity index (χ0v) is 18.0. The second kappa shape index (κ2) is 10.2. The number of carbonyl (C=O) groups excluding carboxylic acids is 2. The Hall–Kier alpha value is -2.74. The molecule has 29 heavy (non-hydrogen) atoms. The van der Waals surface area contributed by atoms with Crippen LogP contribution in [0.25, 0.3) is 6.08 Å². The van der Waals surface area contributed by atoms with Crippen LogP contribution >= 0.6 is 11.8 Å². The molecule has 0 spiro atoms. The number of aryl methyl sites for hydroxylation is 1. The molecule has 1 heterocycles. The Morgan fingerprint density at radius 3 is 2.48 bits per heavy atom. The number of rotatable bonds is 7. The maximum Gasteiger partial charge on any atom is 0.344 e. The van der Waals surface area contributed by atoms with Crippen molar-refractivity contribution in [2.24, 2.45) is 4.99 Å². The Morgan fingerprint density at radius 1 is 1.17 bits per heavy atom. The number of aliphatic hydroxyl groups is 1. The van der Waals surface area contributed by atoms with Crippen molar-refractivity contribution in [2.45, 2.75) is 34.1 Å². The Morgan fingerprint density at radius 2 is 1.90 bits per heavy atom. The maximum absolute atomic E-state index is 12.3. The molecule has 0 unspecified atom stereocenters. The predicted octanol–water partition coefficient (Wildman–Crippen LogP) is 4.20. The summed E-state index contributed by atoms with van der Waals surface area (Å²) in [6.07, 6.45) is 1.91. The van der Waals surface area contributed by atoms with Crippen molar-refractivity contribution in [3.05, 3.63) is 39.5 Å². The van der Waals surface area contributed by atoms with E-state index in [4.69, 9.17) is 14.2 Å². The summed E-state index contributed by atoms with van der Waals surface area (Å²) in [5, 5.41) is 10.8. The van der Waals surface area contributed by atoms with Gasteiger partial charge in [0, 0.05) is 6.42 Å². The summed E-state index contributed by atoms with van der Waals surface area (Å²) < 4.78 is 16.0. The van der Waals surface area contributed by atoms with Gasteiger partial charge in [0.1, 0.15) is 16.4 Å². The minimum atomic E-state index is -0.718. The third-order valence-electron chi connectivity index (χ3n) is 4.04. The fourth-order valence-electron chi connectivity index (χ4n) is 2.59. The van der Waals surface area contributed by atoms with E-state index in [1.54, 1.807) is 33.1 Å². The Bertz CT molecular complexity index is 901. The Kier molecular flexibility index (Phi) is 7.90. The van der Waals surface area contributed by atoms with Gasteiger partial charge in [0.05, 0.1) is 25.2 Å². The van der Waals surface area contributed by atoms with Gasteiger partial charge in [-0.05, 0) is 50.1 Å². The molecule has 156 valence electrons. The van der Waals surface area contributed by atoms with E-state index in [9.17, 15) is 14.7 Å². The fraction of sp³-hybridized carbons (Fsp3) is 0.381. The van der Waals surface area contributed by atoms with E-state index in [0.29, 0.717) is 23.0 Å². The van der Waals surface area contributed by atoms with Crippen molar-refractivity contribution in [1.82, 2.24) is 0 Å². The average Bonchev–Trinajstić information content (AvgIpc) is 2.99. The summed E-state index contributed by atoms with van der Waals surface area (Å²) in [5.41, 5.74) is 1.56. The number of aliphatic imine (C=N–C) groups is 1. The van der Waals surface area contributed by atoms with Gasteiger partial charge in [0.2, 0.25) is 5.91 Å². The first kappa shape index (κ1) is 22.5. The number of benzene rings is 1. The normalized spacial score (nSPS) is 16.4. The summed E-state index contributed by atoms with van der Waals surface area (Å²) in [6, 6.07) is 3.63. The zero-order valence-electron chi connectivity index (χ0n) is 17.2. The van der Waals surface area contributed by atoms with Crippen LogP contribution in [0.4, 0.5) is 0 Å². The van der Waals surface area contributed by atoms with Gasteiger partial charge in [-0.3, -0.25) is 4.79 Å². The molecule has 0 bridgehead atoms. The second-order valence-electron chi connectivity index (χ2n) is 6.01. The molecule has 0 radical (unpaired) electrons. The maximum atomic E-state index is 12.3. The number of ether oxygens (including phenoxy) is 3. The Labute approximate surface area is 174 Å². The predicted molar refractivity (Wildman–Crippen MR) is 113 cm³/mol. The fourth-order valence-corrected chi connectivity index (χ4v) is 3.61. The lowest BCUT2D eigenvalue weighted by atomic mass is 10.1. The molecule has 1 aliphatic heterocycles. The number of carbonyl (C=O) groups is 2. The molecule has 1 N–H and O–H groups in total. The molecule has 0 saturated heterocycles. The first-order valence-electron chi connectivity index (χ1n) is 9.29. The summed E-state index contributed by atoms with van der Waals surface area (Å²) >= 11 is 1.05. The second-order valence-corrected chi connectivity index (χ2v) is 7.04. The summed E-state index contributed by atoms with van der Waals surface area (Å²) in [6.45, 7) is 7.72. The lowest BCUT2D eigenvalue weighted by Crippen LogP contribution is -2.14. The first-order chi connectivity index (χ1) is 13.9. The summed E-state index contributed by atoms with van der Waals surface area (Å²) in [7, 11) is 1.57. The molecule has 1 amide bonds. The van der Waals surface area contributed by atoms with Gasteiger partial charge in [-0.25, -0.2) is 9.79 Å². The number of aliphatic hydroxyl groups excluding tert-OH is 1. The third kappa shape index (κ3) is 5.20. The zero-order chi connectivity index (χ0) is 21.6. The van der Waals surface area contributed by atoms with Crippen LogP contribution in [0.3, 0.4) is 0 Å². The van der Waals surface area contributed by atoms with E-state index in [1.807, 2.05) is 19.9 Å². The molecule has 0 fully saturated rings. The number of methoxy groups -OCH3 is 1. The molecule has 0 aromatic heterocycles. The van der Waals surface area contributed by atoms with Gasteiger partial charge in [-0.2, -0.15) is 0 Å². The molecule has 7 nitrogen and oxygen atoms in total. The van der Waals surface area contributed by atoms with Gasteiger partial charge in [0.25, 0.3) is 0 Å². The van der Waals surface area contributed by atoms with E-state index in [0.717, 1.165) is 22.9 Å². The van der Waals surface area contributed by atoms with Crippen molar-refractivity contribution in [3.63, 3.8) is 0 Å². The largest absolute Gasteiger partial charge is 0.506 e. The minimum Gasteiger partial charge on any atom is -0.506 e. The molecule has 0 saturated carbocycles. The highest BCUT2D eigenvalue weighted by atomic mass is 32.2. The van der Waals surface area contributed by atoms with Gasteiger partial charge in [0.15, 0.2) is 11.5 Å². The third-order valence-corrected chi connectivity index (χ3v) is 5.06. The van der Waals surface area contributed by atoms with Gasteiger partial charge >= 0.3 is 5.97 Å². The molecular weight excluding hydrogens is 394 g/mol.